The number of methoxy groups -OCH3 is 1. The van der Waals surface area contributed by atoms with Crippen LogP contribution in [0.4, 0.5) is 0 Å². The first-order chi connectivity index (χ1) is 12.1. The second-order valence-corrected chi connectivity index (χ2v) is 6.28. The van der Waals surface area contributed by atoms with Crippen LogP contribution >= 0.6 is 0 Å². The van der Waals surface area contributed by atoms with Gasteiger partial charge in [-0.25, -0.2) is 4.79 Å². The highest BCUT2D eigenvalue weighted by Crippen LogP contribution is 2.28. The highest BCUT2D eigenvalue weighted by Gasteiger charge is 2.27. The molecule has 1 unspecified atom stereocenters. The first kappa shape index (κ1) is 17.0. The minimum Gasteiger partial charge on any atom is -0.497 e. The number of carbonyl (C=O) groups is 2. The largest absolute Gasteiger partial charge is 0.497 e. The van der Waals surface area contributed by atoms with Crippen molar-refractivity contribution in [1.29, 1.82) is 0 Å². The standard InChI is InChI=1S/C20H21NO4/c1-25-18-8-6-15(7-9-18)17-10-11-21(13-17)19(22)12-14-2-4-16(5-3-14)20(23)24/h2-9,17H,10-13H2,1H3,(H,23,24). The fraction of sp³-hybridized carbons (Fsp3) is 0.300. The molecule has 25 heavy (non-hydrogen) atoms. The minimum atomic E-state index is -0.959. The molecule has 5 nitrogen and oxygen atoms in total. The number of hydrogen-bond donors (Lipinski definition) is 1. The Bertz CT molecular complexity index is 752. The number of hydrogen-bond acceptors (Lipinski definition) is 3. The Morgan fingerprint density at radius 2 is 1.80 bits per heavy atom. The first-order valence-electron chi connectivity index (χ1n) is 8.31. The molecule has 3 rings (SSSR count). The molecule has 5 heteroatoms. The van der Waals surface area contributed by atoms with E-state index in [0.717, 1.165) is 30.8 Å². The van der Waals surface area contributed by atoms with Gasteiger partial charge in [0, 0.05) is 19.0 Å². The molecule has 1 N–H and O–H groups in total. The zero-order valence-corrected chi connectivity index (χ0v) is 14.1. The van der Waals surface area contributed by atoms with E-state index in [1.165, 1.54) is 17.7 Å². The van der Waals surface area contributed by atoms with Crippen LogP contribution in [0, 0.1) is 0 Å². The van der Waals surface area contributed by atoms with Gasteiger partial charge in [0.2, 0.25) is 5.91 Å². The van der Waals surface area contributed by atoms with Crippen LogP contribution in [0.1, 0.15) is 33.8 Å². The van der Waals surface area contributed by atoms with Gasteiger partial charge in [-0.15, -0.1) is 0 Å². The van der Waals surface area contributed by atoms with Crippen molar-refractivity contribution in [2.75, 3.05) is 20.2 Å². The molecule has 130 valence electrons. The number of ether oxygens (including phenoxy) is 1. The van der Waals surface area contributed by atoms with E-state index in [1.54, 1.807) is 19.2 Å². The summed E-state index contributed by atoms with van der Waals surface area (Å²) in [6.07, 6.45) is 1.26. The Morgan fingerprint density at radius 3 is 2.40 bits per heavy atom. The van der Waals surface area contributed by atoms with Crippen molar-refractivity contribution in [3.63, 3.8) is 0 Å². The highest BCUT2D eigenvalue weighted by atomic mass is 16.5. The lowest BCUT2D eigenvalue weighted by Crippen LogP contribution is -2.29. The summed E-state index contributed by atoms with van der Waals surface area (Å²) in [4.78, 5) is 25.3. The zero-order chi connectivity index (χ0) is 17.8. The third-order valence-electron chi connectivity index (χ3n) is 4.68. The van der Waals surface area contributed by atoms with Crippen LogP contribution in [0.5, 0.6) is 5.75 Å². The zero-order valence-electron chi connectivity index (χ0n) is 14.1. The molecule has 0 aromatic heterocycles. The molecular weight excluding hydrogens is 318 g/mol. The molecule has 1 aliphatic rings. The van der Waals surface area contributed by atoms with Gasteiger partial charge in [-0.3, -0.25) is 4.79 Å². The summed E-state index contributed by atoms with van der Waals surface area (Å²) in [7, 11) is 1.65. The predicted octanol–water partition coefficient (Wildman–Crippen LogP) is 2.95. The number of amides is 1. The van der Waals surface area contributed by atoms with E-state index in [-0.39, 0.29) is 11.5 Å². The summed E-state index contributed by atoms with van der Waals surface area (Å²) in [6, 6.07) is 14.5. The van der Waals surface area contributed by atoms with E-state index < -0.39 is 5.97 Å². The Morgan fingerprint density at radius 1 is 1.12 bits per heavy atom. The molecule has 2 aromatic carbocycles. The second kappa shape index (κ2) is 7.38. The van der Waals surface area contributed by atoms with Crippen LogP contribution in [0.25, 0.3) is 0 Å². The Hall–Kier alpha value is -2.82. The number of carbonyl (C=O) groups excluding carboxylic acids is 1. The summed E-state index contributed by atoms with van der Waals surface area (Å²) in [5, 5.41) is 8.92. The van der Waals surface area contributed by atoms with Crippen LogP contribution < -0.4 is 4.74 Å². The lowest BCUT2D eigenvalue weighted by Gasteiger charge is -2.17. The van der Waals surface area contributed by atoms with Crippen molar-refractivity contribution in [3.05, 3.63) is 65.2 Å². The monoisotopic (exact) mass is 339 g/mol. The van der Waals surface area contributed by atoms with Crippen molar-refractivity contribution < 1.29 is 19.4 Å². The quantitative estimate of drug-likeness (QED) is 0.909. The van der Waals surface area contributed by atoms with Gasteiger partial charge in [0.1, 0.15) is 5.75 Å². The molecule has 0 bridgehead atoms. The maximum Gasteiger partial charge on any atom is 0.335 e. The smallest absolute Gasteiger partial charge is 0.335 e. The van der Waals surface area contributed by atoms with Gasteiger partial charge in [0.05, 0.1) is 19.1 Å². The lowest BCUT2D eigenvalue weighted by molar-refractivity contribution is -0.129. The normalized spacial score (nSPS) is 16.7. The number of likely N-dealkylation sites (tertiary alicyclic amines) is 1. The third kappa shape index (κ3) is 3.99. The Balaban J connectivity index is 1.59. The molecule has 0 radical (unpaired) electrons. The molecule has 1 amide bonds. The van der Waals surface area contributed by atoms with Crippen LogP contribution in [-0.4, -0.2) is 42.1 Å². The minimum absolute atomic E-state index is 0.0825. The van der Waals surface area contributed by atoms with Gasteiger partial charge in [0.25, 0.3) is 0 Å². The molecule has 0 saturated carbocycles. The average Bonchev–Trinajstić information content (AvgIpc) is 3.12. The van der Waals surface area contributed by atoms with Gasteiger partial charge >= 0.3 is 5.97 Å². The summed E-state index contributed by atoms with van der Waals surface area (Å²) in [5.41, 5.74) is 2.29. The van der Waals surface area contributed by atoms with Crippen LogP contribution in [0.15, 0.2) is 48.5 Å². The van der Waals surface area contributed by atoms with E-state index >= 15 is 0 Å². The number of carboxylic acid groups (broad SMARTS) is 1. The molecule has 0 aliphatic carbocycles. The Labute approximate surface area is 146 Å². The van der Waals surface area contributed by atoms with E-state index in [2.05, 4.69) is 12.1 Å². The topological polar surface area (TPSA) is 66.8 Å². The van der Waals surface area contributed by atoms with E-state index in [0.29, 0.717) is 12.3 Å². The summed E-state index contributed by atoms with van der Waals surface area (Å²) >= 11 is 0. The van der Waals surface area contributed by atoms with Crippen molar-refractivity contribution in [2.45, 2.75) is 18.8 Å². The van der Waals surface area contributed by atoms with Crippen LogP contribution in [0.2, 0.25) is 0 Å². The van der Waals surface area contributed by atoms with Crippen molar-refractivity contribution in [2.24, 2.45) is 0 Å². The van der Waals surface area contributed by atoms with Crippen molar-refractivity contribution in [3.8, 4) is 5.75 Å². The molecule has 1 fully saturated rings. The maximum absolute atomic E-state index is 12.5. The average molecular weight is 339 g/mol. The SMILES string of the molecule is COc1ccc(C2CCN(C(=O)Cc3ccc(C(=O)O)cc3)C2)cc1. The molecule has 1 heterocycles. The van der Waals surface area contributed by atoms with Crippen molar-refractivity contribution >= 4 is 11.9 Å². The summed E-state index contributed by atoms with van der Waals surface area (Å²) in [6.45, 7) is 1.47. The van der Waals surface area contributed by atoms with E-state index in [4.69, 9.17) is 9.84 Å². The number of nitrogens with zero attached hydrogens (tertiary/aromatic N) is 1. The molecule has 1 saturated heterocycles. The summed E-state index contributed by atoms with van der Waals surface area (Å²) in [5.74, 6) is 0.308. The Kier molecular flexibility index (Phi) is 5.03. The third-order valence-corrected chi connectivity index (χ3v) is 4.68. The van der Waals surface area contributed by atoms with Crippen LogP contribution in [0.3, 0.4) is 0 Å². The summed E-state index contributed by atoms with van der Waals surface area (Å²) < 4.78 is 5.18. The molecule has 1 aliphatic heterocycles. The molecule has 1 atom stereocenters. The predicted molar refractivity (Wildman–Crippen MR) is 94.0 cm³/mol. The number of benzene rings is 2. The highest BCUT2D eigenvalue weighted by molar-refractivity contribution is 5.87. The fourth-order valence-electron chi connectivity index (χ4n) is 3.19. The van der Waals surface area contributed by atoms with Gasteiger partial charge in [-0.05, 0) is 41.8 Å². The molecule has 0 spiro atoms. The van der Waals surface area contributed by atoms with Crippen molar-refractivity contribution in [1.82, 2.24) is 4.90 Å². The fourth-order valence-corrected chi connectivity index (χ4v) is 3.19. The first-order valence-corrected chi connectivity index (χ1v) is 8.31. The number of rotatable bonds is 5. The molecular formula is C20H21NO4. The second-order valence-electron chi connectivity index (χ2n) is 6.28. The van der Waals surface area contributed by atoms with Gasteiger partial charge in [0.15, 0.2) is 0 Å². The maximum atomic E-state index is 12.5. The lowest BCUT2D eigenvalue weighted by atomic mass is 9.98. The van der Waals surface area contributed by atoms with E-state index in [1.807, 2.05) is 17.0 Å². The number of carboxylic acids is 1. The number of aromatic carboxylic acids is 1. The van der Waals surface area contributed by atoms with E-state index in [9.17, 15) is 9.59 Å². The van der Waals surface area contributed by atoms with Gasteiger partial charge in [-0.2, -0.15) is 0 Å². The van der Waals surface area contributed by atoms with Gasteiger partial charge < -0.3 is 14.7 Å². The van der Waals surface area contributed by atoms with Gasteiger partial charge in [-0.1, -0.05) is 24.3 Å². The molecule has 2 aromatic rings. The van der Waals surface area contributed by atoms with Crippen LogP contribution in [-0.2, 0) is 11.2 Å².